The summed E-state index contributed by atoms with van der Waals surface area (Å²) in [7, 11) is 2.76. The summed E-state index contributed by atoms with van der Waals surface area (Å²) in [6.45, 7) is 0.464. The Morgan fingerprint density at radius 1 is 0.800 bits per heavy atom. The van der Waals surface area contributed by atoms with Gasteiger partial charge in [0.25, 0.3) is 0 Å². The number of carbonyl (C=O) groups excluding carboxylic acids is 2. The number of hydrogen-bond donors (Lipinski definition) is 1. The van der Waals surface area contributed by atoms with Gasteiger partial charge in [0.05, 0.1) is 30.9 Å². The van der Waals surface area contributed by atoms with Crippen LogP contribution >= 0.6 is 0 Å². The number of aryl methyl sites for hydroxylation is 1. The number of aromatic carboxylic acids is 1. The lowest BCUT2D eigenvalue weighted by molar-refractivity contribution is -0.136. The van der Waals surface area contributed by atoms with Crippen LogP contribution in [-0.2, 0) is 33.7 Å². The van der Waals surface area contributed by atoms with E-state index in [9.17, 15) is 19.5 Å². The van der Waals surface area contributed by atoms with E-state index in [1.54, 1.807) is 24.3 Å². The van der Waals surface area contributed by atoms with Crippen molar-refractivity contribution in [1.82, 2.24) is 4.57 Å². The summed E-state index contributed by atoms with van der Waals surface area (Å²) in [6, 6.07) is 22.6. The number of hydrogen-bond acceptors (Lipinski definition) is 5. The molecule has 40 heavy (non-hydrogen) atoms. The zero-order valence-electron chi connectivity index (χ0n) is 22.6. The summed E-state index contributed by atoms with van der Waals surface area (Å²) in [6.07, 6.45) is 3.71. The molecule has 0 unspecified atom stereocenters. The SMILES string of the molecule is COC(=O)C1=C(c2c(CCc3ccccc3)n(Cc3ccc(C(=O)OC)cc3)c3cc(C(=O)O)ccc23)CCC1. The van der Waals surface area contributed by atoms with Crippen molar-refractivity contribution >= 4 is 34.4 Å². The van der Waals surface area contributed by atoms with E-state index in [0.29, 0.717) is 30.5 Å². The summed E-state index contributed by atoms with van der Waals surface area (Å²) in [5.41, 5.74) is 7.28. The van der Waals surface area contributed by atoms with Crippen molar-refractivity contribution in [1.29, 1.82) is 0 Å². The van der Waals surface area contributed by atoms with Crippen molar-refractivity contribution in [2.45, 2.75) is 38.6 Å². The van der Waals surface area contributed by atoms with Crippen LogP contribution in [0.4, 0.5) is 0 Å². The van der Waals surface area contributed by atoms with Gasteiger partial charge >= 0.3 is 17.9 Å². The van der Waals surface area contributed by atoms with Crippen LogP contribution in [0, 0.1) is 0 Å². The van der Waals surface area contributed by atoms with Crippen molar-refractivity contribution in [3.8, 4) is 0 Å². The predicted molar refractivity (Wildman–Crippen MR) is 152 cm³/mol. The predicted octanol–water partition coefficient (Wildman–Crippen LogP) is 6.07. The number of esters is 2. The number of ether oxygens (including phenoxy) is 2. The molecule has 1 aromatic heterocycles. The highest BCUT2D eigenvalue weighted by molar-refractivity contribution is 6.05. The fourth-order valence-corrected chi connectivity index (χ4v) is 5.63. The Balaban J connectivity index is 1.71. The molecule has 3 aromatic carbocycles. The molecule has 1 aliphatic rings. The van der Waals surface area contributed by atoms with Gasteiger partial charge < -0.3 is 19.1 Å². The lowest BCUT2D eigenvalue weighted by atomic mass is 9.95. The number of carboxylic acids is 1. The van der Waals surface area contributed by atoms with Gasteiger partial charge in [-0.05, 0) is 73.1 Å². The first-order chi connectivity index (χ1) is 19.4. The molecule has 0 spiro atoms. The number of carbonyl (C=O) groups is 3. The molecule has 7 heteroatoms. The molecule has 5 rings (SSSR count). The maximum atomic E-state index is 12.8. The maximum absolute atomic E-state index is 12.8. The van der Waals surface area contributed by atoms with Crippen LogP contribution in [0.1, 0.15) is 62.4 Å². The minimum absolute atomic E-state index is 0.196. The molecule has 4 aromatic rings. The number of aromatic nitrogens is 1. The van der Waals surface area contributed by atoms with E-state index < -0.39 is 11.9 Å². The van der Waals surface area contributed by atoms with Crippen LogP contribution < -0.4 is 0 Å². The number of carboxylic acid groups (broad SMARTS) is 1. The van der Waals surface area contributed by atoms with Gasteiger partial charge in [0, 0.05) is 28.8 Å². The fourth-order valence-electron chi connectivity index (χ4n) is 5.63. The average molecular weight is 538 g/mol. The summed E-state index contributed by atoms with van der Waals surface area (Å²) >= 11 is 0. The third-order valence-electron chi connectivity index (χ3n) is 7.58. The molecule has 0 aliphatic heterocycles. The van der Waals surface area contributed by atoms with Gasteiger partial charge in [0.15, 0.2) is 0 Å². The number of nitrogens with zero attached hydrogens (tertiary/aromatic N) is 1. The molecule has 1 aliphatic carbocycles. The minimum Gasteiger partial charge on any atom is -0.478 e. The van der Waals surface area contributed by atoms with Gasteiger partial charge in [-0.15, -0.1) is 0 Å². The molecule has 0 saturated heterocycles. The van der Waals surface area contributed by atoms with Gasteiger partial charge in [0.2, 0.25) is 0 Å². The summed E-state index contributed by atoms with van der Waals surface area (Å²) in [5.74, 6) is -1.72. The summed E-state index contributed by atoms with van der Waals surface area (Å²) < 4.78 is 12.1. The Hall–Kier alpha value is -4.65. The van der Waals surface area contributed by atoms with Crippen LogP contribution in [0.2, 0.25) is 0 Å². The van der Waals surface area contributed by atoms with Crippen LogP contribution in [0.25, 0.3) is 16.5 Å². The summed E-state index contributed by atoms with van der Waals surface area (Å²) in [5, 5.41) is 10.7. The Kier molecular flexibility index (Phi) is 7.82. The highest BCUT2D eigenvalue weighted by Crippen LogP contribution is 2.42. The average Bonchev–Trinajstić information content (AvgIpc) is 3.58. The third-order valence-corrected chi connectivity index (χ3v) is 7.58. The topological polar surface area (TPSA) is 94.8 Å². The van der Waals surface area contributed by atoms with Gasteiger partial charge in [-0.2, -0.15) is 0 Å². The first-order valence-electron chi connectivity index (χ1n) is 13.3. The van der Waals surface area contributed by atoms with Crippen LogP contribution in [0.3, 0.4) is 0 Å². The van der Waals surface area contributed by atoms with Gasteiger partial charge in [-0.1, -0.05) is 48.5 Å². The van der Waals surface area contributed by atoms with E-state index in [2.05, 4.69) is 16.7 Å². The number of benzene rings is 3. The van der Waals surface area contributed by atoms with Gasteiger partial charge in [0.1, 0.15) is 0 Å². The first-order valence-corrected chi connectivity index (χ1v) is 13.3. The fraction of sp³-hybridized carbons (Fsp3) is 0.242. The number of methoxy groups -OCH3 is 2. The monoisotopic (exact) mass is 537 g/mol. The second-order valence-corrected chi connectivity index (χ2v) is 9.92. The van der Waals surface area contributed by atoms with E-state index in [1.807, 2.05) is 36.4 Å². The van der Waals surface area contributed by atoms with Crippen LogP contribution in [0.5, 0.6) is 0 Å². The number of fused-ring (bicyclic) bond motifs is 1. The standard InChI is InChI=1S/C33H31NO6/c1-39-32(37)23-14-11-22(12-15-23)20-34-28(18-13-21-7-4-3-5-8-21)30(25-9-6-10-26(25)33(38)40-2)27-17-16-24(31(35)36)19-29(27)34/h3-5,7-8,11-12,14-17,19H,6,9-10,13,18,20H2,1-2H3,(H,35,36). The highest BCUT2D eigenvalue weighted by atomic mass is 16.5. The molecular weight excluding hydrogens is 506 g/mol. The lowest BCUT2D eigenvalue weighted by Crippen LogP contribution is -2.09. The van der Waals surface area contributed by atoms with Gasteiger partial charge in [-0.3, -0.25) is 0 Å². The zero-order chi connectivity index (χ0) is 28.2. The minimum atomic E-state index is -1.00. The normalized spacial score (nSPS) is 13.1. The van der Waals surface area contributed by atoms with E-state index >= 15 is 0 Å². The zero-order valence-corrected chi connectivity index (χ0v) is 22.6. The van der Waals surface area contributed by atoms with E-state index in [4.69, 9.17) is 9.47 Å². The molecule has 7 nitrogen and oxygen atoms in total. The Morgan fingerprint density at radius 3 is 2.17 bits per heavy atom. The summed E-state index contributed by atoms with van der Waals surface area (Å²) in [4.78, 5) is 36.7. The third kappa shape index (κ3) is 5.27. The Morgan fingerprint density at radius 2 is 1.50 bits per heavy atom. The van der Waals surface area contributed by atoms with E-state index in [0.717, 1.165) is 52.6 Å². The maximum Gasteiger partial charge on any atom is 0.337 e. The number of rotatable bonds is 9. The van der Waals surface area contributed by atoms with E-state index in [1.165, 1.54) is 19.8 Å². The van der Waals surface area contributed by atoms with Crippen LogP contribution in [0.15, 0.2) is 78.4 Å². The molecule has 0 fully saturated rings. The first kappa shape index (κ1) is 26.9. The molecule has 0 amide bonds. The Labute approximate surface area is 232 Å². The quantitative estimate of drug-likeness (QED) is 0.261. The molecular formula is C33H31NO6. The molecule has 1 N–H and O–H groups in total. The lowest BCUT2D eigenvalue weighted by Gasteiger charge is -2.15. The van der Waals surface area contributed by atoms with E-state index in [-0.39, 0.29) is 11.5 Å². The van der Waals surface area contributed by atoms with Crippen LogP contribution in [-0.4, -0.2) is 41.8 Å². The molecule has 0 bridgehead atoms. The molecule has 0 radical (unpaired) electrons. The highest BCUT2D eigenvalue weighted by Gasteiger charge is 2.29. The Bertz CT molecular complexity index is 1610. The molecule has 0 atom stereocenters. The largest absolute Gasteiger partial charge is 0.478 e. The smallest absolute Gasteiger partial charge is 0.337 e. The molecule has 0 saturated carbocycles. The van der Waals surface area contributed by atoms with Crippen molar-refractivity contribution < 1.29 is 29.0 Å². The van der Waals surface area contributed by atoms with Crippen molar-refractivity contribution in [2.24, 2.45) is 0 Å². The number of allylic oxidation sites excluding steroid dienone is 1. The molecule has 204 valence electrons. The van der Waals surface area contributed by atoms with Gasteiger partial charge in [-0.25, -0.2) is 14.4 Å². The van der Waals surface area contributed by atoms with Crippen molar-refractivity contribution in [3.63, 3.8) is 0 Å². The van der Waals surface area contributed by atoms with Crippen molar-refractivity contribution in [2.75, 3.05) is 14.2 Å². The molecule has 1 heterocycles. The second-order valence-electron chi connectivity index (χ2n) is 9.92. The van der Waals surface area contributed by atoms with Crippen molar-refractivity contribution in [3.05, 3.63) is 112 Å². The second kappa shape index (κ2) is 11.6.